The van der Waals surface area contributed by atoms with E-state index in [4.69, 9.17) is 16.3 Å². The minimum atomic E-state index is -1.12. The highest BCUT2D eigenvalue weighted by molar-refractivity contribution is 8.01. The average molecular weight is 535 g/mol. The molecule has 1 N–H and O–H groups in total. The van der Waals surface area contributed by atoms with Gasteiger partial charge in [0.1, 0.15) is 34.5 Å². The van der Waals surface area contributed by atoms with E-state index < -0.39 is 22.8 Å². The lowest BCUT2D eigenvalue weighted by atomic mass is 10.1. The first kappa shape index (κ1) is 27.5. The van der Waals surface area contributed by atoms with Gasteiger partial charge in [0, 0.05) is 29.8 Å². The van der Waals surface area contributed by atoms with Crippen LogP contribution in [0.2, 0.25) is 5.02 Å². The van der Waals surface area contributed by atoms with Crippen LogP contribution in [0.5, 0.6) is 5.75 Å². The first-order valence-electron chi connectivity index (χ1n) is 10.7. The van der Waals surface area contributed by atoms with Gasteiger partial charge in [-0.05, 0) is 51.5 Å². The molecule has 0 saturated carbocycles. The quantitative estimate of drug-likeness (QED) is 0.375. The molecule has 3 aromatic rings. The summed E-state index contributed by atoms with van der Waals surface area (Å²) in [5.74, 6) is -1.14. The maximum absolute atomic E-state index is 13.9. The highest BCUT2D eigenvalue weighted by Gasteiger charge is 2.19. The van der Waals surface area contributed by atoms with Gasteiger partial charge in [-0.15, -0.1) is 11.8 Å². The molecule has 3 aromatic heterocycles. The Kier molecular flexibility index (Phi) is 8.65. The normalized spacial score (nSPS) is 12.1. The van der Waals surface area contributed by atoms with Gasteiger partial charge in [0.2, 0.25) is 0 Å². The third-order valence-corrected chi connectivity index (χ3v) is 6.34. The fourth-order valence-corrected chi connectivity index (χ4v) is 4.36. The molecule has 0 saturated heterocycles. The van der Waals surface area contributed by atoms with Crippen LogP contribution in [-0.4, -0.2) is 32.0 Å². The summed E-state index contributed by atoms with van der Waals surface area (Å²) < 4.78 is 33.9. The van der Waals surface area contributed by atoms with Crippen LogP contribution < -0.4 is 10.3 Å². The number of nitrogens with zero attached hydrogens (tertiary/aromatic N) is 4. The van der Waals surface area contributed by atoms with Crippen LogP contribution in [0.15, 0.2) is 51.5 Å². The molecule has 0 aliphatic heterocycles. The predicted molar refractivity (Wildman–Crippen MR) is 138 cm³/mol. The van der Waals surface area contributed by atoms with Gasteiger partial charge in [-0.2, -0.15) is 0 Å². The van der Waals surface area contributed by atoms with Crippen molar-refractivity contribution in [2.24, 2.45) is 4.99 Å². The molecule has 0 aliphatic rings. The molecule has 0 aliphatic carbocycles. The number of aliphatic hydroxyl groups is 1. The Morgan fingerprint density at radius 2 is 2.00 bits per heavy atom. The molecule has 3 rings (SSSR count). The maximum atomic E-state index is 13.9. The molecular weight excluding hydrogens is 510 g/mol. The maximum Gasteiger partial charge on any atom is 0.277 e. The van der Waals surface area contributed by atoms with Gasteiger partial charge >= 0.3 is 0 Å². The summed E-state index contributed by atoms with van der Waals surface area (Å²) >= 11 is 7.71. The number of hydrogen-bond acceptors (Lipinski definition) is 7. The van der Waals surface area contributed by atoms with E-state index in [0.29, 0.717) is 34.6 Å². The number of hydrogen-bond donors (Lipinski definition) is 1. The summed E-state index contributed by atoms with van der Waals surface area (Å²) in [5.41, 5.74) is 1.24. The molecule has 0 bridgehead atoms. The SMILES string of the molecule is C=N/C(=C\SCc1cc(-n2c(C)cc(OCc3ncc(F)cc3F)c(Cl)c2=O)c(C)cn1)C(C)(C)O. The van der Waals surface area contributed by atoms with Crippen molar-refractivity contribution in [3.63, 3.8) is 0 Å². The van der Waals surface area contributed by atoms with Gasteiger partial charge in [0.25, 0.3) is 5.56 Å². The highest BCUT2D eigenvalue weighted by atomic mass is 35.5. The lowest BCUT2D eigenvalue weighted by molar-refractivity contribution is 0.119. The zero-order chi connectivity index (χ0) is 26.6. The molecule has 0 fully saturated rings. The van der Waals surface area contributed by atoms with E-state index in [2.05, 4.69) is 21.7 Å². The molecule has 0 spiro atoms. The fourth-order valence-electron chi connectivity index (χ4n) is 3.24. The van der Waals surface area contributed by atoms with Gasteiger partial charge < -0.3 is 9.84 Å². The van der Waals surface area contributed by atoms with E-state index in [-0.39, 0.29) is 23.1 Å². The number of aromatic nitrogens is 3. The van der Waals surface area contributed by atoms with Crippen molar-refractivity contribution in [3.8, 4) is 11.4 Å². The molecule has 7 nitrogen and oxygen atoms in total. The average Bonchev–Trinajstić information content (AvgIpc) is 2.80. The van der Waals surface area contributed by atoms with E-state index in [1.54, 1.807) is 44.5 Å². The van der Waals surface area contributed by atoms with E-state index in [1.807, 2.05) is 6.92 Å². The smallest absolute Gasteiger partial charge is 0.277 e. The van der Waals surface area contributed by atoms with Crippen LogP contribution in [0, 0.1) is 25.5 Å². The second kappa shape index (κ2) is 11.3. The molecule has 0 aromatic carbocycles. The first-order chi connectivity index (χ1) is 16.9. The van der Waals surface area contributed by atoms with Crippen molar-refractivity contribution < 1.29 is 18.6 Å². The summed E-state index contributed by atoms with van der Waals surface area (Å²) in [6.07, 6.45) is 2.54. The monoisotopic (exact) mass is 534 g/mol. The summed E-state index contributed by atoms with van der Waals surface area (Å²) in [4.78, 5) is 25.1. The Morgan fingerprint density at radius 3 is 2.64 bits per heavy atom. The van der Waals surface area contributed by atoms with Crippen molar-refractivity contribution in [2.45, 2.75) is 45.7 Å². The molecule has 11 heteroatoms. The van der Waals surface area contributed by atoms with E-state index in [9.17, 15) is 18.7 Å². The number of thioether (sulfide) groups is 1. The number of pyridine rings is 3. The zero-order valence-corrected chi connectivity index (χ0v) is 21.8. The van der Waals surface area contributed by atoms with Crippen LogP contribution in [-0.2, 0) is 12.4 Å². The largest absolute Gasteiger partial charge is 0.485 e. The third kappa shape index (κ3) is 6.37. The lowest BCUT2D eigenvalue weighted by Gasteiger charge is -2.17. The van der Waals surface area contributed by atoms with Gasteiger partial charge in [-0.25, -0.2) is 8.78 Å². The minimum Gasteiger partial charge on any atom is -0.485 e. The van der Waals surface area contributed by atoms with Gasteiger partial charge in [-0.3, -0.25) is 24.3 Å². The minimum absolute atomic E-state index is 0.0599. The Labute approximate surface area is 216 Å². The molecule has 3 heterocycles. The van der Waals surface area contributed by atoms with Crippen molar-refractivity contribution >= 4 is 30.1 Å². The molecule has 0 atom stereocenters. The second-order valence-corrected chi connectivity index (χ2v) is 9.70. The topological polar surface area (TPSA) is 89.6 Å². The van der Waals surface area contributed by atoms with E-state index in [1.165, 1.54) is 16.3 Å². The number of ether oxygens (including phenoxy) is 1. The van der Waals surface area contributed by atoms with Crippen LogP contribution in [0.25, 0.3) is 5.69 Å². The molecule has 36 heavy (non-hydrogen) atoms. The molecule has 0 amide bonds. The third-order valence-electron chi connectivity index (χ3n) is 5.14. The van der Waals surface area contributed by atoms with Crippen molar-refractivity contribution in [2.75, 3.05) is 0 Å². The second-order valence-electron chi connectivity index (χ2n) is 8.47. The van der Waals surface area contributed by atoms with Crippen LogP contribution >= 0.6 is 23.4 Å². The fraction of sp³-hybridized carbons (Fsp3) is 0.280. The number of halogens is 3. The highest BCUT2D eigenvalue weighted by Crippen LogP contribution is 2.27. The summed E-state index contributed by atoms with van der Waals surface area (Å²) in [6.45, 7) is 9.93. The van der Waals surface area contributed by atoms with Crippen LogP contribution in [0.4, 0.5) is 8.78 Å². The Morgan fingerprint density at radius 1 is 1.28 bits per heavy atom. The number of aryl methyl sites for hydroxylation is 2. The molecule has 0 radical (unpaired) electrons. The molecule has 0 unspecified atom stereocenters. The van der Waals surface area contributed by atoms with E-state index in [0.717, 1.165) is 11.8 Å². The Bertz CT molecular complexity index is 1390. The van der Waals surface area contributed by atoms with Gasteiger partial charge in [-0.1, -0.05) is 11.6 Å². The van der Waals surface area contributed by atoms with Crippen molar-refractivity contribution in [3.05, 3.63) is 91.4 Å². The summed E-state index contributed by atoms with van der Waals surface area (Å²) in [7, 11) is 0. The van der Waals surface area contributed by atoms with Gasteiger partial charge in [0.05, 0.1) is 23.3 Å². The Hall–Kier alpha value is -3.08. The predicted octanol–water partition coefficient (Wildman–Crippen LogP) is 5.30. The lowest BCUT2D eigenvalue weighted by Crippen LogP contribution is -2.23. The van der Waals surface area contributed by atoms with Crippen LogP contribution in [0.1, 0.15) is 36.5 Å². The molecular formula is C25H25ClF2N4O3S. The number of rotatable bonds is 9. The Balaban J connectivity index is 1.88. The van der Waals surface area contributed by atoms with Gasteiger partial charge in [0.15, 0.2) is 5.82 Å². The van der Waals surface area contributed by atoms with Crippen molar-refractivity contribution in [1.82, 2.24) is 14.5 Å². The van der Waals surface area contributed by atoms with Crippen molar-refractivity contribution in [1.29, 1.82) is 0 Å². The van der Waals surface area contributed by atoms with E-state index >= 15 is 0 Å². The summed E-state index contributed by atoms with van der Waals surface area (Å²) in [5, 5.41) is 11.6. The standard InChI is InChI=1S/C25H25ClF2N4O3S/c1-14-9-30-17(12-36-13-22(29-5)25(3,4)34)8-20(14)32-15(2)6-21(23(26)24(32)33)35-11-19-18(28)7-16(27)10-31-19/h6-10,13,34H,5,11-12H2,1-4H3/b22-13-. The van der Waals surface area contributed by atoms with Crippen LogP contribution in [0.3, 0.4) is 0 Å². The molecule has 190 valence electrons. The number of aliphatic imine (C=N–C) groups is 1. The summed E-state index contributed by atoms with van der Waals surface area (Å²) in [6, 6.07) is 4.05. The zero-order valence-electron chi connectivity index (χ0n) is 20.2. The first-order valence-corrected chi connectivity index (χ1v) is 12.2.